The molecule has 57 heavy (non-hydrogen) atoms. The lowest BCUT2D eigenvalue weighted by atomic mass is 10.2. The monoisotopic (exact) mass is 809 g/mol. The van der Waals surface area contributed by atoms with Crippen LogP contribution in [0.3, 0.4) is 0 Å². The first-order valence-corrected chi connectivity index (χ1v) is 18.8. The van der Waals surface area contributed by atoms with Gasteiger partial charge in [-0.1, -0.05) is 77.3 Å². The normalized spacial score (nSPS) is 10.6. The van der Waals surface area contributed by atoms with Crippen LogP contribution in [0.2, 0.25) is 10.0 Å². The molecular weight excluding hydrogens is 769 g/mol. The third-order valence-electron chi connectivity index (χ3n) is 8.43. The molecule has 0 saturated carbocycles. The fourth-order valence-electron chi connectivity index (χ4n) is 5.36. The average molecular weight is 811 g/mol. The van der Waals surface area contributed by atoms with Gasteiger partial charge in [-0.15, -0.1) is 0 Å². The predicted molar refractivity (Wildman–Crippen MR) is 220 cm³/mol. The number of esters is 2. The van der Waals surface area contributed by atoms with Crippen molar-refractivity contribution < 1.29 is 23.8 Å². The van der Waals surface area contributed by atoms with Gasteiger partial charge in [-0.2, -0.15) is 0 Å². The van der Waals surface area contributed by atoms with E-state index in [-0.39, 0.29) is 36.8 Å². The van der Waals surface area contributed by atoms with Gasteiger partial charge < -0.3 is 19.5 Å². The van der Waals surface area contributed by atoms with Gasteiger partial charge in [0.05, 0.1) is 32.5 Å². The number of halogens is 2. The van der Waals surface area contributed by atoms with Crippen molar-refractivity contribution in [2.75, 3.05) is 18.5 Å². The van der Waals surface area contributed by atoms with E-state index < -0.39 is 23.1 Å². The minimum Gasteiger partial charge on any atom is -0.489 e. The Morgan fingerprint density at radius 3 is 1.63 bits per heavy atom. The molecule has 2 aromatic heterocycles. The van der Waals surface area contributed by atoms with Gasteiger partial charge in [0.15, 0.2) is 0 Å². The Labute approximate surface area is 339 Å². The van der Waals surface area contributed by atoms with E-state index in [1.54, 1.807) is 45.0 Å². The molecule has 0 saturated heterocycles. The molecule has 0 bridgehead atoms. The van der Waals surface area contributed by atoms with Crippen molar-refractivity contribution in [1.29, 1.82) is 0 Å². The molecule has 2 heterocycles. The highest BCUT2D eigenvalue weighted by Crippen LogP contribution is 2.21. The topological polar surface area (TPSA) is 144 Å². The number of ether oxygens (including phenoxy) is 3. The summed E-state index contributed by atoms with van der Waals surface area (Å²) in [5.74, 6) is 0.172. The highest BCUT2D eigenvalue weighted by molar-refractivity contribution is 6.30. The number of nitrogens with one attached hydrogen (secondary N) is 1. The molecule has 0 unspecified atom stereocenters. The molecule has 0 aliphatic rings. The summed E-state index contributed by atoms with van der Waals surface area (Å²) < 4.78 is 18.6. The molecule has 294 valence electrons. The van der Waals surface area contributed by atoms with Crippen molar-refractivity contribution in [2.45, 2.75) is 47.4 Å². The molecular formula is C43H41Cl2N5O7. The molecule has 14 heteroatoms. The Kier molecular flexibility index (Phi) is 14.8. The van der Waals surface area contributed by atoms with Crippen LogP contribution in [-0.2, 0) is 29.2 Å². The van der Waals surface area contributed by atoms with Gasteiger partial charge in [0, 0.05) is 21.9 Å². The fourth-order valence-corrected chi connectivity index (χ4v) is 5.61. The minimum atomic E-state index is -0.707. The van der Waals surface area contributed by atoms with Gasteiger partial charge in [-0.3, -0.25) is 18.7 Å². The third-order valence-corrected chi connectivity index (χ3v) is 8.93. The molecule has 0 aliphatic carbocycles. The number of aromatic nitrogens is 4. The predicted octanol–water partition coefficient (Wildman–Crippen LogP) is 8.18. The molecule has 0 atom stereocenters. The Morgan fingerprint density at radius 1 is 0.632 bits per heavy atom. The first-order chi connectivity index (χ1) is 27.4. The summed E-state index contributed by atoms with van der Waals surface area (Å²) in [5.41, 5.74) is 3.62. The molecule has 0 amide bonds. The van der Waals surface area contributed by atoms with Crippen molar-refractivity contribution in [3.63, 3.8) is 0 Å². The first-order valence-electron chi connectivity index (χ1n) is 18.0. The minimum absolute atomic E-state index is 0.0589. The van der Waals surface area contributed by atoms with Crippen LogP contribution in [0.5, 0.6) is 5.75 Å². The van der Waals surface area contributed by atoms with E-state index in [1.807, 2.05) is 67.6 Å². The van der Waals surface area contributed by atoms with Crippen molar-refractivity contribution in [1.82, 2.24) is 19.1 Å². The zero-order chi connectivity index (χ0) is 40.9. The van der Waals surface area contributed by atoms with Crippen LogP contribution in [-0.4, -0.2) is 44.3 Å². The lowest BCUT2D eigenvalue weighted by molar-refractivity contribution is 0.0513. The molecule has 0 spiro atoms. The second-order valence-electron chi connectivity index (χ2n) is 12.6. The molecule has 0 fully saturated rings. The third kappa shape index (κ3) is 11.6. The second-order valence-corrected chi connectivity index (χ2v) is 13.5. The lowest BCUT2D eigenvalue weighted by Gasteiger charge is -2.15. The number of aryl methyl sites for hydroxylation is 2. The van der Waals surface area contributed by atoms with Gasteiger partial charge in [0.1, 0.15) is 29.3 Å². The van der Waals surface area contributed by atoms with Gasteiger partial charge in [-0.05, 0) is 92.9 Å². The SMILES string of the molecule is CCOC(=O)c1cnc(C)n(Cc2ccc(Cl)cc2)c1=O.CCOC(=O)c1cnc(Nc2ccc(OCc3ccc(C)cc3)cc2)n(Cc2ccc(Cl)cc2)c1=O. The van der Waals surface area contributed by atoms with Crippen molar-refractivity contribution >= 4 is 46.8 Å². The summed E-state index contributed by atoms with van der Waals surface area (Å²) in [5, 5.41) is 4.38. The Balaban J connectivity index is 0.000000251. The molecule has 12 nitrogen and oxygen atoms in total. The van der Waals surface area contributed by atoms with Crippen LogP contribution in [0.25, 0.3) is 0 Å². The van der Waals surface area contributed by atoms with E-state index in [9.17, 15) is 19.2 Å². The Hall–Kier alpha value is -6.24. The van der Waals surface area contributed by atoms with E-state index in [0.29, 0.717) is 40.5 Å². The van der Waals surface area contributed by atoms with Crippen LogP contribution in [0, 0.1) is 13.8 Å². The molecule has 6 aromatic rings. The number of hydrogen-bond acceptors (Lipinski definition) is 10. The maximum absolute atomic E-state index is 13.2. The molecule has 6 rings (SSSR count). The molecule has 1 N–H and O–H groups in total. The van der Waals surface area contributed by atoms with Crippen molar-refractivity contribution in [3.8, 4) is 5.75 Å². The van der Waals surface area contributed by atoms with Gasteiger partial charge in [0.25, 0.3) is 11.1 Å². The molecule has 4 aromatic carbocycles. The van der Waals surface area contributed by atoms with Crippen LogP contribution >= 0.6 is 23.2 Å². The van der Waals surface area contributed by atoms with E-state index in [1.165, 1.54) is 27.1 Å². The number of nitrogens with zero attached hydrogens (tertiary/aromatic N) is 4. The van der Waals surface area contributed by atoms with Gasteiger partial charge in [0.2, 0.25) is 5.95 Å². The number of rotatable bonds is 13. The van der Waals surface area contributed by atoms with Gasteiger partial charge >= 0.3 is 11.9 Å². The summed E-state index contributed by atoms with van der Waals surface area (Å²) in [6.45, 7) is 8.48. The van der Waals surface area contributed by atoms with Crippen LogP contribution < -0.4 is 21.2 Å². The van der Waals surface area contributed by atoms with Crippen molar-refractivity contribution in [2.24, 2.45) is 0 Å². The largest absolute Gasteiger partial charge is 0.489 e. The summed E-state index contributed by atoms with van der Waals surface area (Å²) in [6.07, 6.45) is 2.49. The molecule has 0 radical (unpaired) electrons. The van der Waals surface area contributed by atoms with Crippen LogP contribution in [0.1, 0.15) is 62.6 Å². The van der Waals surface area contributed by atoms with E-state index in [4.69, 9.17) is 37.4 Å². The zero-order valence-corrected chi connectivity index (χ0v) is 33.3. The van der Waals surface area contributed by atoms with Crippen LogP contribution in [0.4, 0.5) is 11.6 Å². The standard InChI is InChI=1S/C28H26ClN3O4.C15H15ClN2O3/c1-3-35-27(34)25-16-30-28(32(26(25)33)17-20-8-10-22(29)11-9-20)31-23-12-14-24(15-13-23)36-18-21-6-4-19(2)5-7-21;1-3-21-15(20)13-8-17-10(2)18(14(13)19)9-11-4-6-12(16)7-5-11/h4-16H,3,17-18H2,1-2H3,(H,30,31);4-8H,3,9H2,1-2H3. The highest BCUT2D eigenvalue weighted by Gasteiger charge is 2.19. The number of hydrogen-bond donors (Lipinski definition) is 1. The summed E-state index contributed by atoms with van der Waals surface area (Å²) in [6, 6.07) is 29.8. The first kappa shape index (κ1) is 41.9. The zero-order valence-electron chi connectivity index (χ0n) is 31.8. The quantitative estimate of drug-likeness (QED) is 0.114. The summed E-state index contributed by atoms with van der Waals surface area (Å²) >= 11 is 11.8. The van der Waals surface area contributed by atoms with E-state index >= 15 is 0 Å². The Morgan fingerprint density at radius 2 is 1.11 bits per heavy atom. The molecule has 0 aliphatic heterocycles. The fraction of sp³-hybridized carbons (Fsp3) is 0.209. The number of anilines is 2. The van der Waals surface area contributed by atoms with Gasteiger partial charge in [-0.25, -0.2) is 19.6 Å². The van der Waals surface area contributed by atoms with E-state index in [0.717, 1.165) is 16.7 Å². The summed E-state index contributed by atoms with van der Waals surface area (Å²) in [7, 11) is 0. The Bertz CT molecular complexity index is 2420. The lowest BCUT2D eigenvalue weighted by Crippen LogP contribution is -2.30. The average Bonchev–Trinajstić information content (AvgIpc) is 3.20. The maximum atomic E-state index is 13.2. The second kappa shape index (κ2) is 20.1. The highest BCUT2D eigenvalue weighted by atomic mass is 35.5. The maximum Gasteiger partial charge on any atom is 0.345 e. The number of benzene rings is 4. The van der Waals surface area contributed by atoms with Crippen molar-refractivity contribution in [3.05, 3.63) is 179 Å². The van der Waals surface area contributed by atoms with E-state index in [2.05, 4.69) is 27.4 Å². The smallest absolute Gasteiger partial charge is 0.345 e. The van der Waals surface area contributed by atoms with Crippen LogP contribution in [0.15, 0.2) is 119 Å². The number of carbonyl (C=O) groups excluding carboxylic acids is 2. The number of carbonyl (C=O) groups is 2. The summed E-state index contributed by atoms with van der Waals surface area (Å²) in [4.78, 5) is 58.0.